The summed E-state index contributed by atoms with van der Waals surface area (Å²) in [7, 11) is -0.258. The minimum absolute atomic E-state index is 0.0265. The maximum absolute atomic E-state index is 13.0. The molecule has 0 saturated carbocycles. The summed E-state index contributed by atoms with van der Waals surface area (Å²) in [6, 6.07) is 0. The minimum Gasteiger partial charge on any atom is -0.498 e. The average Bonchev–Trinajstić information content (AvgIpc) is 3.21. The number of ether oxygens (including phenoxy) is 2. The van der Waals surface area contributed by atoms with Gasteiger partial charge >= 0.3 is 13.8 Å². The van der Waals surface area contributed by atoms with Crippen LogP contribution < -0.4 is 0 Å². The molecular formula is C47H81NO7P+. The fourth-order valence-corrected chi connectivity index (χ4v) is 7.13. The molecule has 1 heterocycles. The van der Waals surface area contributed by atoms with E-state index in [-0.39, 0.29) is 19.6 Å². The molecule has 0 aromatic heterocycles. The Balaban J connectivity index is 2.47. The molecule has 1 aliphatic rings. The number of nitrogens with zero attached hydrogens (tertiary/aromatic N) is 1. The Labute approximate surface area is 343 Å². The maximum atomic E-state index is 13.0. The van der Waals surface area contributed by atoms with Gasteiger partial charge in [-0.15, -0.1) is 0 Å². The van der Waals surface area contributed by atoms with Crippen molar-refractivity contribution in [1.82, 2.24) is 0 Å². The highest BCUT2D eigenvalue weighted by molar-refractivity contribution is 7.47. The van der Waals surface area contributed by atoms with E-state index in [0.717, 1.165) is 51.4 Å². The summed E-state index contributed by atoms with van der Waals surface area (Å²) in [5.74, 6) is -0.399. The van der Waals surface area contributed by atoms with Gasteiger partial charge in [0.15, 0.2) is 6.10 Å². The summed E-state index contributed by atoms with van der Waals surface area (Å²) in [6.45, 7) is 5.76. The molecule has 0 amide bonds. The van der Waals surface area contributed by atoms with Crippen LogP contribution in [0, 0.1) is 0 Å². The van der Waals surface area contributed by atoms with Gasteiger partial charge in [-0.25, -0.2) is 4.57 Å². The predicted molar refractivity (Wildman–Crippen MR) is 235 cm³/mol. The fourth-order valence-electron chi connectivity index (χ4n) is 6.18. The number of rotatable bonds is 32. The monoisotopic (exact) mass is 803 g/mol. The number of likely N-dealkylation sites (N-methyl/N-ethyl adjacent to an activating group) is 1. The summed E-state index contributed by atoms with van der Waals surface area (Å²) in [6.07, 6.45) is 51.3. The standard InChI is InChI=1S/C47H80NO7P/c1-5-7-9-11-13-15-17-19-21-22-23-24-25-26-28-30-32-34-36-38-47(49)54-46(45-39-40-48(3,4)41-43-53-56(50,51)55-45)44-52-42-37-35-33-31-29-27-20-18-16-14-12-10-8-6-2/h7,9,13,15,19,21,23-24,26,28,32,34,37,42,45-46H,5-6,8,10-12,14,16-18,20,22,25,27,29-31,33,35-36,38-41,43-44H2,1-4H3/p+1/b9-7-,15-13-,21-19-,24-23-,28-26-,34-32-,42-37-. The quantitative estimate of drug-likeness (QED) is 0.0181. The second kappa shape index (κ2) is 35.7. The van der Waals surface area contributed by atoms with E-state index >= 15 is 0 Å². The van der Waals surface area contributed by atoms with Crippen LogP contribution in [0.3, 0.4) is 0 Å². The molecule has 56 heavy (non-hydrogen) atoms. The molecular weight excluding hydrogens is 721 g/mol. The molecule has 3 atom stereocenters. The van der Waals surface area contributed by atoms with Crippen LogP contribution in [-0.4, -0.2) is 68.0 Å². The lowest BCUT2D eigenvalue weighted by Gasteiger charge is -2.31. The lowest BCUT2D eigenvalue weighted by Crippen LogP contribution is -2.45. The van der Waals surface area contributed by atoms with Gasteiger partial charge in [0.1, 0.15) is 25.9 Å². The van der Waals surface area contributed by atoms with E-state index in [1.165, 1.54) is 70.6 Å². The zero-order valence-corrected chi connectivity index (χ0v) is 36.8. The van der Waals surface area contributed by atoms with Crippen LogP contribution in [-0.2, 0) is 27.9 Å². The van der Waals surface area contributed by atoms with Gasteiger partial charge in [-0.1, -0.05) is 157 Å². The molecule has 0 bridgehead atoms. The molecule has 1 N–H and O–H groups in total. The fraction of sp³-hybridized carbons (Fsp3) is 0.681. The second-order valence-electron chi connectivity index (χ2n) is 15.5. The van der Waals surface area contributed by atoms with Gasteiger partial charge in [0.25, 0.3) is 0 Å². The Kier molecular flexibility index (Phi) is 32.8. The van der Waals surface area contributed by atoms with Crippen LogP contribution in [0.2, 0.25) is 0 Å². The number of hydrogen-bond donors (Lipinski definition) is 1. The van der Waals surface area contributed by atoms with E-state index in [9.17, 15) is 14.3 Å². The molecule has 0 radical (unpaired) electrons. The van der Waals surface area contributed by atoms with E-state index in [1.807, 2.05) is 32.3 Å². The molecule has 1 aliphatic heterocycles. The molecule has 0 aromatic carbocycles. The highest BCUT2D eigenvalue weighted by Gasteiger charge is 2.37. The van der Waals surface area contributed by atoms with Crippen LogP contribution in [0.1, 0.15) is 155 Å². The van der Waals surface area contributed by atoms with Gasteiger partial charge in [-0.05, 0) is 63.9 Å². The van der Waals surface area contributed by atoms with Gasteiger partial charge in [0, 0.05) is 12.8 Å². The number of unbranched alkanes of at least 4 members (excludes halogenated alkanes) is 12. The van der Waals surface area contributed by atoms with E-state index in [0.29, 0.717) is 30.4 Å². The van der Waals surface area contributed by atoms with E-state index < -0.39 is 26.0 Å². The number of phosphoric ester groups is 1. The van der Waals surface area contributed by atoms with Crippen LogP contribution in [0.25, 0.3) is 0 Å². The SMILES string of the molecule is CC/C=C\C/C=C\C/C=C\C/C=C\C/C=C\C/C=C\CCC(=O)OC(CO/C=C\CCCCCCCCCCCCCC)C1CC[N+](C)(C)CCOP(=O)(O)O1. The van der Waals surface area contributed by atoms with E-state index in [4.69, 9.17) is 18.5 Å². The Morgan fingerprint density at radius 1 is 0.696 bits per heavy atom. The van der Waals surface area contributed by atoms with Gasteiger partial charge in [0.2, 0.25) is 0 Å². The number of allylic oxidation sites excluding steroid dienone is 13. The van der Waals surface area contributed by atoms with Crippen molar-refractivity contribution in [1.29, 1.82) is 0 Å². The Bertz CT molecular complexity index is 1220. The summed E-state index contributed by atoms with van der Waals surface area (Å²) in [5, 5.41) is 0. The van der Waals surface area contributed by atoms with Crippen molar-refractivity contribution < 1.29 is 37.3 Å². The Morgan fingerprint density at radius 3 is 1.73 bits per heavy atom. The molecule has 8 nitrogen and oxygen atoms in total. The molecule has 0 aromatic rings. The van der Waals surface area contributed by atoms with Crippen molar-refractivity contribution in [3.8, 4) is 0 Å². The zero-order chi connectivity index (χ0) is 40.8. The number of esters is 1. The smallest absolute Gasteiger partial charge is 0.472 e. The van der Waals surface area contributed by atoms with Crippen molar-refractivity contribution in [3.63, 3.8) is 0 Å². The molecule has 3 unspecified atom stereocenters. The van der Waals surface area contributed by atoms with Crippen molar-refractivity contribution in [2.75, 3.05) is 40.4 Å². The molecule has 320 valence electrons. The summed E-state index contributed by atoms with van der Waals surface area (Å²) < 4.78 is 35.9. The topological polar surface area (TPSA) is 91.3 Å². The first-order valence-electron chi connectivity index (χ1n) is 22.0. The third kappa shape index (κ3) is 32.6. The minimum atomic E-state index is -4.33. The van der Waals surface area contributed by atoms with Crippen LogP contribution >= 0.6 is 7.82 Å². The maximum Gasteiger partial charge on any atom is 0.472 e. The van der Waals surface area contributed by atoms with E-state index in [2.05, 4.69) is 74.6 Å². The summed E-state index contributed by atoms with van der Waals surface area (Å²) >= 11 is 0. The van der Waals surface area contributed by atoms with Gasteiger partial charge in [-0.3, -0.25) is 13.8 Å². The number of quaternary nitrogens is 1. The van der Waals surface area contributed by atoms with Crippen molar-refractivity contribution in [3.05, 3.63) is 85.3 Å². The van der Waals surface area contributed by atoms with E-state index in [1.54, 1.807) is 6.26 Å². The number of carbonyl (C=O) groups excluding carboxylic acids is 1. The van der Waals surface area contributed by atoms with Crippen molar-refractivity contribution in [2.45, 2.75) is 167 Å². The average molecular weight is 803 g/mol. The molecule has 0 aliphatic carbocycles. The first kappa shape index (κ1) is 51.5. The molecule has 1 rings (SSSR count). The lowest BCUT2D eigenvalue weighted by molar-refractivity contribution is -0.890. The highest BCUT2D eigenvalue weighted by Crippen LogP contribution is 2.46. The molecule has 0 spiro atoms. The highest BCUT2D eigenvalue weighted by atomic mass is 31.2. The predicted octanol–water partition coefficient (Wildman–Crippen LogP) is 13.0. The molecule has 9 heteroatoms. The third-order valence-corrected chi connectivity index (χ3v) is 10.8. The molecule has 1 fully saturated rings. The second-order valence-corrected chi connectivity index (χ2v) is 16.9. The van der Waals surface area contributed by atoms with Crippen LogP contribution in [0.15, 0.2) is 85.3 Å². The number of hydrogen-bond acceptors (Lipinski definition) is 6. The van der Waals surface area contributed by atoms with Gasteiger partial charge in [0.05, 0.1) is 26.9 Å². The zero-order valence-electron chi connectivity index (χ0n) is 35.9. The largest absolute Gasteiger partial charge is 0.498 e. The van der Waals surface area contributed by atoms with Gasteiger partial charge < -0.3 is 18.9 Å². The van der Waals surface area contributed by atoms with Gasteiger partial charge in [-0.2, -0.15) is 0 Å². The van der Waals surface area contributed by atoms with Crippen LogP contribution in [0.5, 0.6) is 0 Å². The molecule has 1 saturated heterocycles. The Hall–Kier alpha value is -2.48. The normalized spacial score (nSPS) is 20.3. The van der Waals surface area contributed by atoms with Crippen molar-refractivity contribution in [2.24, 2.45) is 0 Å². The summed E-state index contributed by atoms with van der Waals surface area (Å²) in [5.41, 5.74) is 0. The Morgan fingerprint density at radius 2 is 1.20 bits per heavy atom. The number of phosphoric acid groups is 1. The summed E-state index contributed by atoms with van der Waals surface area (Å²) in [4.78, 5) is 23.4. The van der Waals surface area contributed by atoms with Crippen molar-refractivity contribution >= 4 is 13.8 Å². The number of carbonyl (C=O) groups is 1. The first-order chi connectivity index (χ1) is 27.2. The third-order valence-electron chi connectivity index (χ3n) is 9.73. The lowest BCUT2D eigenvalue weighted by atomic mass is 10.0. The van der Waals surface area contributed by atoms with Crippen LogP contribution in [0.4, 0.5) is 0 Å². The first-order valence-corrected chi connectivity index (χ1v) is 23.5.